The number of thiocarbonyl (C=S) groups is 1. The van der Waals surface area contributed by atoms with Crippen molar-refractivity contribution < 1.29 is 9.13 Å². The largest absolute Gasteiger partial charge is 0.389 e. The third-order valence-electron chi connectivity index (χ3n) is 1.97. The van der Waals surface area contributed by atoms with Crippen LogP contribution in [-0.2, 0) is 4.74 Å². The van der Waals surface area contributed by atoms with E-state index in [1.807, 2.05) is 0 Å². The second-order valence-electron chi connectivity index (χ2n) is 3.07. The molecular weight excluding hydrogens is 295 g/mol. The molecule has 3 N–H and O–H groups in total. The first kappa shape index (κ1) is 13.3. The lowest BCUT2D eigenvalue weighted by atomic mass is 10.2. The van der Waals surface area contributed by atoms with Crippen molar-refractivity contribution in [2.24, 2.45) is 5.73 Å². The maximum atomic E-state index is 13.8. The fraction of sp³-hybridized carbons (Fsp3) is 0.300. The Bertz CT molecular complexity index is 401. The second kappa shape index (κ2) is 6.12. The summed E-state index contributed by atoms with van der Waals surface area (Å²) in [6.07, 6.45) is 0. The summed E-state index contributed by atoms with van der Waals surface area (Å²) in [6.45, 7) is 1.04. The summed E-state index contributed by atoms with van der Waals surface area (Å²) in [5.41, 5.74) is 6.33. The van der Waals surface area contributed by atoms with Gasteiger partial charge in [0.2, 0.25) is 0 Å². The van der Waals surface area contributed by atoms with E-state index < -0.39 is 5.82 Å². The molecule has 0 atom stereocenters. The monoisotopic (exact) mass is 306 g/mol. The number of nitrogens with two attached hydrogens (primary N) is 1. The summed E-state index contributed by atoms with van der Waals surface area (Å²) in [4.78, 5) is 0.161. The first-order valence-corrected chi connectivity index (χ1v) is 5.78. The fourth-order valence-corrected chi connectivity index (χ4v) is 2.02. The Balaban J connectivity index is 2.89. The summed E-state index contributed by atoms with van der Waals surface area (Å²) in [6, 6.07) is 3.27. The highest BCUT2D eigenvalue weighted by molar-refractivity contribution is 9.10. The van der Waals surface area contributed by atoms with Crippen LogP contribution in [-0.4, -0.2) is 25.2 Å². The van der Waals surface area contributed by atoms with Crippen LogP contribution in [0.15, 0.2) is 16.6 Å². The third-order valence-corrected chi connectivity index (χ3v) is 2.96. The SMILES string of the molecule is COCCNc1ccc(C(N)=S)c(Br)c1F. The summed E-state index contributed by atoms with van der Waals surface area (Å²) in [5.74, 6) is -0.401. The Morgan fingerprint density at radius 2 is 2.31 bits per heavy atom. The third kappa shape index (κ3) is 3.13. The molecule has 1 aromatic carbocycles. The first-order chi connectivity index (χ1) is 7.57. The predicted molar refractivity (Wildman–Crippen MR) is 70.4 cm³/mol. The quantitative estimate of drug-likeness (QED) is 0.647. The van der Waals surface area contributed by atoms with E-state index in [4.69, 9.17) is 22.7 Å². The van der Waals surface area contributed by atoms with E-state index in [-0.39, 0.29) is 9.46 Å². The maximum Gasteiger partial charge on any atom is 0.161 e. The molecule has 0 spiro atoms. The van der Waals surface area contributed by atoms with Crippen molar-refractivity contribution in [2.75, 3.05) is 25.6 Å². The van der Waals surface area contributed by atoms with Gasteiger partial charge in [0, 0.05) is 19.2 Å². The molecule has 0 aliphatic rings. The maximum absolute atomic E-state index is 13.8. The first-order valence-electron chi connectivity index (χ1n) is 4.58. The lowest BCUT2D eigenvalue weighted by Gasteiger charge is -2.10. The molecule has 0 radical (unpaired) electrons. The van der Waals surface area contributed by atoms with Crippen molar-refractivity contribution in [1.29, 1.82) is 0 Å². The van der Waals surface area contributed by atoms with E-state index in [1.165, 1.54) is 0 Å². The minimum atomic E-state index is -0.401. The number of hydrogen-bond donors (Lipinski definition) is 2. The van der Waals surface area contributed by atoms with Crippen molar-refractivity contribution in [2.45, 2.75) is 0 Å². The molecule has 88 valence electrons. The average molecular weight is 307 g/mol. The summed E-state index contributed by atoms with van der Waals surface area (Å²) < 4.78 is 18.9. The van der Waals surface area contributed by atoms with Gasteiger partial charge in [0.05, 0.1) is 16.8 Å². The van der Waals surface area contributed by atoms with Crippen LogP contribution in [0, 0.1) is 5.82 Å². The minimum Gasteiger partial charge on any atom is -0.389 e. The van der Waals surface area contributed by atoms with Crippen LogP contribution in [0.5, 0.6) is 0 Å². The number of hydrogen-bond acceptors (Lipinski definition) is 3. The van der Waals surface area contributed by atoms with Gasteiger partial charge in [0.1, 0.15) is 4.99 Å². The van der Waals surface area contributed by atoms with Gasteiger partial charge in [0.25, 0.3) is 0 Å². The lowest BCUT2D eigenvalue weighted by Crippen LogP contribution is -2.13. The van der Waals surface area contributed by atoms with Gasteiger partial charge in [0.15, 0.2) is 5.82 Å². The van der Waals surface area contributed by atoms with Crippen LogP contribution in [0.1, 0.15) is 5.56 Å². The van der Waals surface area contributed by atoms with Crippen molar-refractivity contribution in [3.63, 3.8) is 0 Å². The van der Waals surface area contributed by atoms with Gasteiger partial charge in [-0.3, -0.25) is 0 Å². The van der Waals surface area contributed by atoms with Gasteiger partial charge in [-0.2, -0.15) is 0 Å². The van der Waals surface area contributed by atoms with E-state index in [0.29, 0.717) is 24.4 Å². The van der Waals surface area contributed by atoms with E-state index in [0.717, 1.165) is 0 Å². The number of halogens is 2. The fourth-order valence-electron chi connectivity index (χ4n) is 1.16. The Labute approximate surface area is 107 Å². The smallest absolute Gasteiger partial charge is 0.161 e. The van der Waals surface area contributed by atoms with Crippen LogP contribution in [0.4, 0.5) is 10.1 Å². The summed E-state index contributed by atoms with van der Waals surface area (Å²) in [7, 11) is 1.59. The van der Waals surface area contributed by atoms with Crippen molar-refractivity contribution in [1.82, 2.24) is 0 Å². The molecule has 0 aromatic heterocycles. The molecule has 0 aliphatic carbocycles. The second-order valence-corrected chi connectivity index (χ2v) is 4.31. The van der Waals surface area contributed by atoms with Crippen LogP contribution >= 0.6 is 28.1 Å². The molecule has 0 fully saturated rings. The molecule has 1 aromatic rings. The molecule has 16 heavy (non-hydrogen) atoms. The predicted octanol–water partition coefficient (Wildman–Crippen LogP) is 2.28. The van der Waals surface area contributed by atoms with Crippen molar-refractivity contribution in [3.8, 4) is 0 Å². The number of rotatable bonds is 5. The Morgan fingerprint density at radius 1 is 1.62 bits per heavy atom. The highest BCUT2D eigenvalue weighted by Gasteiger charge is 2.12. The molecular formula is C10H12BrFN2OS. The lowest BCUT2D eigenvalue weighted by molar-refractivity contribution is 0.210. The zero-order chi connectivity index (χ0) is 12.1. The topological polar surface area (TPSA) is 47.3 Å². The number of nitrogens with one attached hydrogen (secondary N) is 1. The minimum absolute atomic E-state index is 0.161. The molecule has 0 aliphatic heterocycles. The van der Waals surface area contributed by atoms with Gasteiger partial charge in [-0.1, -0.05) is 12.2 Å². The van der Waals surface area contributed by atoms with Gasteiger partial charge >= 0.3 is 0 Å². The van der Waals surface area contributed by atoms with Crippen LogP contribution in [0.3, 0.4) is 0 Å². The van der Waals surface area contributed by atoms with Gasteiger partial charge in [-0.15, -0.1) is 0 Å². The molecule has 0 heterocycles. The van der Waals surface area contributed by atoms with E-state index >= 15 is 0 Å². The number of ether oxygens (including phenoxy) is 1. The van der Waals surface area contributed by atoms with E-state index in [9.17, 15) is 4.39 Å². The molecule has 0 unspecified atom stereocenters. The van der Waals surface area contributed by atoms with E-state index in [1.54, 1.807) is 19.2 Å². The molecule has 0 saturated carbocycles. The Kier molecular flexibility index (Phi) is 5.11. The van der Waals surface area contributed by atoms with Crippen molar-refractivity contribution in [3.05, 3.63) is 28.0 Å². The zero-order valence-corrected chi connectivity index (χ0v) is 11.1. The number of anilines is 1. The van der Waals surface area contributed by atoms with Gasteiger partial charge in [-0.05, 0) is 28.1 Å². The Morgan fingerprint density at radius 3 is 2.88 bits per heavy atom. The summed E-state index contributed by atoms with van der Waals surface area (Å²) >= 11 is 7.93. The molecule has 0 bridgehead atoms. The number of benzene rings is 1. The molecule has 0 amide bonds. The normalized spacial score (nSPS) is 10.2. The molecule has 0 saturated heterocycles. The van der Waals surface area contributed by atoms with Crippen molar-refractivity contribution >= 4 is 38.8 Å². The van der Waals surface area contributed by atoms with E-state index in [2.05, 4.69) is 21.2 Å². The summed E-state index contributed by atoms with van der Waals surface area (Å²) in [5, 5.41) is 2.91. The standard InChI is InChI=1S/C10H12BrFN2OS/c1-15-5-4-14-7-3-2-6(10(13)16)8(11)9(7)12/h2-3,14H,4-5H2,1H3,(H2,13,16). The van der Waals surface area contributed by atoms with Gasteiger partial charge < -0.3 is 15.8 Å². The van der Waals surface area contributed by atoms with Crippen LogP contribution in [0.2, 0.25) is 0 Å². The zero-order valence-electron chi connectivity index (χ0n) is 8.72. The highest BCUT2D eigenvalue weighted by Crippen LogP contribution is 2.26. The molecule has 6 heteroatoms. The molecule has 1 rings (SSSR count). The molecule has 3 nitrogen and oxygen atoms in total. The highest BCUT2D eigenvalue weighted by atomic mass is 79.9. The number of methoxy groups -OCH3 is 1. The Hall–Kier alpha value is -0.720. The van der Waals surface area contributed by atoms with Gasteiger partial charge in [-0.25, -0.2) is 4.39 Å². The van der Waals surface area contributed by atoms with Crippen LogP contribution < -0.4 is 11.1 Å². The average Bonchev–Trinajstić information content (AvgIpc) is 2.24. The van der Waals surface area contributed by atoms with Crippen LogP contribution in [0.25, 0.3) is 0 Å².